The van der Waals surface area contributed by atoms with Gasteiger partial charge >= 0.3 is 12.1 Å². The van der Waals surface area contributed by atoms with Gasteiger partial charge in [0.2, 0.25) is 5.91 Å². The number of nitrogens with zero attached hydrogens (tertiary/aromatic N) is 5. The van der Waals surface area contributed by atoms with Crippen LogP contribution >= 0.6 is 11.6 Å². The molecule has 2 heterocycles. The van der Waals surface area contributed by atoms with Gasteiger partial charge in [0.15, 0.2) is 0 Å². The highest BCUT2D eigenvalue weighted by molar-refractivity contribution is 6.30. The van der Waals surface area contributed by atoms with E-state index >= 15 is 0 Å². The minimum Gasteiger partial charge on any atom is -0.388 e. The predicted octanol–water partition coefficient (Wildman–Crippen LogP) is 3.32. The van der Waals surface area contributed by atoms with Crippen molar-refractivity contribution in [2.75, 3.05) is 18.4 Å². The molecule has 12 nitrogen and oxygen atoms in total. The number of carbonyl (C=O) groups excluding carboxylic acids is 3. The van der Waals surface area contributed by atoms with Crippen LogP contribution in [0.4, 0.5) is 19.7 Å². The van der Waals surface area contributed by atoms with E-state index in [2.05, 4.69) is 20.7 Å². The largest absolute Gasteiger partial charge is 0.388 e. The van der Waals surface area contributed by atoms with Crippen LogP contribution in [-0.4, -0.2) is 57.3 Å². The van der Waals surface area contributed by atoms with Gasteiger partial charge in [0.05, 0.1) is 34.9 Å². The number of para-hydroxylation sites is 1. The number of hydrogen-bond acceptors (Lipinski definition) is 5. The molecular formula is C23H22ClFN8O4. The van der Waals surface area contributed by atoms with Gasteiger partial charge in [-0.3, -0.25) is 9.36 Å². The Morgan fingerprint density at radius 3 is 2.76 bits per heavy atom. The summed E-state index contributed by atoms with van der Waals surface area (Å²) in [6.07, 6.45) is 1.12. The van der Waals surface area contributed by atoms with Crippen molar-refractivity contribution in [1.29, 1.82) is 0 Å². The maximum Gasteiger partial charge on any atom is 0.323 e. The van der Waals surface area contributed by atoms with Crippen molar-refractivity contribution in [3.63, 3.8) is 0 Å². The molecular weight excluding hydrogens is 507 g/mol. The number of nitrogens with two attached hydrogens (primary N) is 1. The standard InChI is InChI=1S/C23H22ClFN8O4/c24-15-6-3-4-13(19(15)25)9-28-20(34)18-8-23(37,11-29-31-27)12-33(18)22(36)30-16-10-32(21(26)35)17-7-2-1-5-14(16)17/h1-7,10,18,37H,8-9,11-12H2,(H2,26,35)(H,28,34)(H,30,36)/t18-,23-/m0/s1. The second-order valence-electron chi connectivity index (χ2n) is 8.59. The number of likely N-dealkylation sites (tertiary alicyclic amines) is 1. The van der Waals surface area contributed by atoms with Crippen LogP contribution in [0.5, 0.6) is 0 Å². The Hall–Kier alpha value is -4.32. The van der Waals surface area contributed by atoms with Crippen LogP contribution in [0.2, 0.25) is 5.02 Å². The summed E-state index contributed by atoms with van der Waals surface area (Å²) in [7, 11) is 0. The maximum atomic E-state index is 14.2. The van der Waals surface area contributed by atoms with E-state index in [-0.39, 0.29) is 42.3 Å². The fraction of sp³-hybridized carbons (Fsp3) is 0.261. The van der Waals surface area contributed by atoms with Crippen molar-refractivity contribution >= 4 is 46.2 Å². The molecule has 14 heteroatoms. The molecule has 3 aromatic rings. The highest BCUT2D eigenvalue weighted by atomic mass is 35.5. The lowest BCUT2D eigenvalue weighted by Gasteiger charge is -2.24. The van der Waals surface area contributed by atoms with E-state index in [0.717, 1.165) is 9.47 Å². The number of halogens is 2. The third kappa shape index (κ3) is 5.28. The summed E-state index contributed by atoms with van der Waals surface area (Å²) >= 11 is 5.79. The van der Waals surface area contributed by atoms with E-state index in [1.165, 1.54) is 24.4 Å². The predicted molar refractivity (Wildman–Crippen MR) is 133 cm³/mol. The third-order valence-corrected chi connectivity index (χ3v) is 6.37. The Kier molecular flexibility index (Phi) is 7.21. The van der Waals surface area contributed by atoms with E-state index in [9.17, 15) is 23.9 Å². The average Bonchev–Trinajstić information content (AvgIpc) is 3.42. The molecule has 0 spiro atoms. The molecule has 2 atom stereocenters. The minimum absolute atomic E-state index is 0.104. The number of β-amino-alcohol motifs (C(OH)–C–C–N with tert-alkyl or cyclic N) is 1. The summed E-state index contributed by atoms with van der Waals surface area (Å²) in [5, 5.41) is 20.0. The first-order chi connectivity index (χ1) is 17.6. The highest BCUT2D eigenvalue weighted by Gasteiger charge is 2.47. The van der Waals surface area contributed by atoms with Crippen LogP contribution in [-0.2, 0) is 11.3 Å². The number of primary amides is 1. The SMILES string of the molecule is [N-]=[N+]=NC[C@@]1(O)C[C@@H](C(=O)NCc2cccc(Cl)c2F)N(C(=O)Nc2cn(C(N)=O)c3ccccc23)C1. The number of azide groups is 1. The Labute approximate surface area is 214 Å². The lowest BCUT2D eigenvalue weighted by atomic mass is 10.0. The Morgan fingerprint density at radius 2 is 2.03 bits per heavy atom. The summed E-state index contributed by atoms with van der Waals surface area (Å²) < 4.78 is 15.4. The molecule has 0 aliphatic carbocycles. The number of fused-ring (bicyclic) bond motifs is 1. The molecule has 4 rings (SSSR count). The van der Waals surface area contributed by atoms with Gasteiger partial charge in [-0.2, -0.15) is 0 Å². The van der Waals surface area contributed by atoms with Crippen molar-refractivity contribution in [3.8, 4) is 0 Å². The Bertz CT molecular complexity index is 1440. The molecule has 1 aliphatic heterocycles. The maximum absolute atomic E-state index is 14.2. The summed E-state index contributed by atoms with van der Waals surface area (Å²) in [5.74, 6) is -1.35. The van der Waals surface area contributed by atoms with E-state index < -0.39 is 35.4 Å². The topological polar surface area (TPSA) is 178 Å². The normalized spacial score (nSPS) is 18.9. The van der Waals surface area contributed by atoms with Crippen molar-refractivity contribution in [2.45, 2.75) is 24.6 Å². The van der Waals surface area contributed by atoms with Crippen LogP contribution in [0.15, 0.2) is 53.8 Å². The number of nitrogens with one attached hydrogen (secondary N) is 2. The number of urea groups is 1. The van der Waals surface area contributed by atoms with Gasteiger partial charge in [0, 0.05) is 35.0 Å². The van der Waals surface area contributed by atoms with Crippen LogP contribution in [0.3, 0.4) is 0 Å². The summed E-state index contributed by atoms with van der Waals surface area (Å²) in [5.41, 5.74) is 13.3. The number of hydrogen-bond donors (Lipinski definition) is 4. The first-order valence-electron chi connectivity index (χ1n) is 11.0. The molecule has 1 aromatic heterocycles. The molecule has 1 saturated heterocycles. The fourth-order valence-corrected chi connectivity index (χ4v) is 4.52. The first-order valence-corrected chi connectivity index (χ1v) is 11.4. The molecule has 1 fully saturated rings. The van der Waals surface area contributed by atoms with E-state index in [1.807, 2.05) is 0 Å². The molecule has 2 aromatic carbocycles. The molecule has 4 amide bonds. The van der Waals surface area contributed by atoms with Gasteiger partial charge < -0.3 is 26.4 Å². The summed E-state index contributed by atoms with van der Waals surface area (Å²) in [6, 6.07) is 8.41. The molecule has 0 saturated carbocycles. The number of anilines is 1. The molecule has 37 heavy (non-hydrogen) atoms. The number of amides is 4. The van der Waals surface area contributed by atoms with Crippen LogP contribution in [0, 0.1) is 5.82 Å². The molecule has 0 radical (unpaired) electrons. The number of benzene rings is 2. The summed E-state index contributed by atoms with van der Waals surface area (Å²) in [6.45, 7) is -0.908. The van der Waals surface area contributed by atoms with Crippen molar-refractivity contribution < 1.29 is 23.9 Å². The van der Waals surface area contributed by atoms with Crippen LogP contribution in [0.25, 0.3) is 21.3 Å². The van der Waals surface area contributed by atoms with Crippen LogP contribution in [0.1, 0.15) is 12.0 Å². The smallest absolute Gasteiger partial charge is 0.323 e. The average molecular weight is 529 g/mol. The third-order valence-electron chi connectivity index (χ3n) is 6.08. The fourth-order valence-electron chi connectivity index (χ4n) is 4.32. The number of aliphatic hydroxyl groups is 1. The minimum atomic E-state index is -1.67. The van der Waals surface area contributed by atoms with Crippen LogP contribution < -0.4 is 16.4 Å². The van der Waals surface area contributed by atoms with Gasteiger partial charge in [-0.15, -0.1) is 0 Å². The van der Waals surface area contributed by atoms with Crippen molar-refractivity contribution in [2.24, 2.45) is 10.8 Å². The van der Waals surface area contributed by atoms with Gasteiger partial charge in [-0.05, 0) is 17.7 Å². The lowest BCUT2D eigenvalue weighted by Crippen LogP contribution is -2.47. The number of rotatable bonds is 6. The Morgan fingerprint density at radius 1 is 1.27 bits per heavy atom. The molecule has 192 valence electrons. The van der Waals surface area contributed by atoms with Crippen molar-refractivity contribution in [3.05, 3.63) is 75.5 Å². The zero-order valence-electron chi connectivity index (χ0n) is 19.3. The molecule has 0 bridgehead atoms. The molecule has 1 aliphatic rings. The molecule has 0 unspecified atom stereocenters. The van der Waals surface area contributed by atoms with Gasteiger partial charge in [0.1, 0.15) is 11.9 Å². The lowest BCUT2D eigenvalue weighted by molar-refractivity contribution is -0.125. The van der Waals surface area contributed by atoms with E-state index in [0.29, 0.717) is 10.9 Å². The van der Waals surface area contributed by atoms with Gasteiger partial charge in [-0.25, -0.2) is 14.0 Å². The zero-order chi connectivity index (χ0) is 26.7. The van der Waals surface area contributed by atoms with E-state index in [1.54, 1.807) is 24.3 Å². The summed E-state index contributed by atoms with van der Waals surface area (Å²) in [4.78, 5) is 42.0. The van der Waals surface area contributed by atoms with E-state index in [4.69, 9.17) is 22.9 Å². The first kappa shape index (κ1) is 25.8. The Balaban J connectivity index is 1.58. The molecule has 5 N–H and O–H groups in total. The number of carbonyl (C=O) groups is 3. The van der Waals surface area contributed by atoms with Gasteiger partial charge in [-0.1, -0.05) is 47.0 Å². The number of aromatic nitrogens is 1. The van der Waals surface area contributed by atoms with Gasteiger partial charge in [0.25, 0.3) is 0 Å². The van der Waals surface area contributed by atoms with Crippen molar-refractivity contribution in [1.82, 2.24) is 14.8 Å². The second kappa shape index (κ2) is 10.3. The highest BCUT2D eigenvalue weighted by Crippen LogP contribution is 2.31. The second-order valence-corrected chi connectivity index (χ2v) is 9.00. The quantitative estimate of drug-likeness (QED) is 0.218. The monoisotopic (exact) mass is 528 g/mol. The zero-order valence-corrected chi connectivity index (χ0v) is 20.0.